The molecule has 4 nitrogen and oxygen atoms in total. The van der Waals surface area contributed by atoms with Gasteiger partial charge < -0.3 is 5.11 Å². The van der Waals surface area contributed by atoms with E-state index in [-0.39, 0.29) is 5.56 Å². The second-order valence-corrected chi connectivity index (χ2v) is 3.28. The van der Waals surface area contributed by atoms with Gasteiger partial charge >= 0.3 is 5.69 Å². The van der Waals surface area contributed by atoms with Crippen molar-refractivity contribution in [1.82, 2.24) is 0 Å². The maximum absolute atomic E-state index is 13.4. The van der Waals surface area contributed by atoms with Gasteiger partial charge in [0, 0.05) is 11.6 Å². The Labute approximate surface area is 79.1 Å². The van der Waals surface area contributed by atoms with Crippen molar-refractivity contribution in [2.75, 3.05) is 0 Å². The van der Waals surface area contributed by atoms with Crippen LogP contribution in [-0.2, 0) is 6.42 Å². The van der Waals surface area contributed by atoms with Crippen LogP contribution in [0.1, 0.15) is 23.7 Å². The van der Waals surface area contributed by atoms with Gasteiger partial charge in [-0.2, -0.15) is 4.39 Å². The summed E-state index contributed by atoms with van der Waals surface area (Å²) in [4.78, 5) is 9.66. The summed E-state index contributed by atoms with van der Waals surface area (Å²) in [5.41, 5.74) is 0.248. The number of nitro groups is 1. The lowest BCUT2D eigenvalue weighted by Gasteiger charge is -2.03. The molecule has 0 heterocycles. The molecule has 0 spiro atoms. The lowest BCUT2D eigenvalue weighted by Crippen LogP contribution is -1.98. The van der Waals surface area contributed by atoms with Crippen LogP contribution in [-0.4, -0.2) is 10.0 Å². The Balaban J connectivity index is 2.58. The van der Waals surface area contributed by atoms with Crippen LogP contribution in [0.4, 0.5) is 10.1 Å². The number of hydrogen-bond acceptors (Lipinski definition) is 3. The molecule has 14 heavy (non-hydrogen) atoms. The average molecular weight is 197 g/mol. The van der Waals surface area contributed by atoms with Crippen LogP contribution in [0.15, 0.2) is 12.1 Å². The van der Waals surface area contributed by atoms with Crippen molar-refractivity contribution >= 4 is 5.69 Å². The van der Waals surface area contributed by atoms with Gasteiger partial charge in [0.05, 0.1) is 11.0 Å². The number of aliphatic hydroxyl groups is 1. The third-order valence-electron chi connectivity index (χ3n) is 2.48. The first-order valence-corrected chi connectivity index (χ1v) is 4.25. The van der Waals surface area contributed by atoms with E-state index in [4.69, 9.17) is 0 Å². The summed E-state index contributed by atoms with van der Waals surface area (Å²) in [5, 5.41) is 19.8. The number of nitro benzene ring substituents is 1. The van der Waals surface area contributed by atoms with E-state index in [9.17, 15) is 19.6 Å². The first-order valence-electron chi connectivity index (χ1n) is 4.25. The molecule has 0 bridgehead atoms. The summed E-state index contributed by atoms with van der Waals surface area (Å²) in [7, 11) is 0. The smallest absolute Gasteiger partial charge is 0.305 e. The van der Waals surface area contributed by atoms with Crippen LogP contribution in [0, 0.1) is 15.9 Å². The van der Waals surface area contributed by atoms with Gasteiger partial charge in [0.1, 0.15) is 0 Å². The fraction of sp³-hybridized carbons (Fsp3) is 0.333. The van der Waals surface area contributed by atoms with E-state index in [0.717, 1.165) is 6.07 Å². The van der Waals surface area contributed by atoms with Crippen LogP contribution in [0.3, 0.4) is 0 Å². The van der Waals surface area contributed by atoms with Gasteiger partial charge in [-0.15, -0.1) is 0 Å². The third-order valence-corrected chi connectivity index (χ3v) is 2.48. The van der Waals surface area contributed by atoms with E-state index in [1.165, 1.54) is 6.07 Å². The second kappa shape index (κ2) is 3.02. The highest BCUT2D eigenvalue weighted by molar-refractivity contribution is 5.45. The van der Waals surface area contributed by atoms with Gasteiger partial charge in [0.2, 0.25) is 5.82 Å². The van der Waals surface area contributed by atoms with Crippen LogP contribution in [0.2, 0.25) is 0 Å². The van der Waals surface area contributed by atoms with Crippen molar-refractivity contribution in [2.45, 2.75) is 18.9 Å². The third kappa shape index (κ3) is 1.17. The molecule has 1 aliphatic carbocycles. The van der Waals surface area contributed by atoms with Gasteiger partial charge in [-0.25, -0.2) is 0 Å². The number of nitrogens with zero attached hydrogens (tertiary/aromatic N) is 1. The van der Waals surface area contributed by atoms with E-state index < -0.39 is 22.5 Å². The monoisotopic (exact) mass is 197 g/mol. The molecule has 5 heteroatoms. The molecule has 2 rings (SSSR count). The average Bonchev–Trinajstić information content (AvgIpc) is 2.49. The second-order valence-electron chi connectivity index (χ2n) is 3.28. The highest BCUT2D eigenvalue weighted by Gasteiger charge is 2.28. The molecule has 0 aliphatic heterocycles. The van der Waals surface area contributed by atoms with Gasteiger partial charge in [-0.1, -0.05) is 0 Å². The minimum atomic E-state index is -0.802. The molecule has 1 aromatic carbocycles. The zero-order chi connectivity index (χ0) is 10.3. The van der Waals surface area contributed by atoms with Crippen molar-refractivity contribution in [3.8, 4) is 0 Å². The van der Waals surface area contributed by atoms with Gasteiger partial charge in [0.15, 0.2) is 0 Å². The summed E-state index contributed by atoms with van der Waals surface area (Å²) in [6.45, 7) is 0. The molecule has 0 radical (unpaired) electrons. The number of benzene rings is 1. The Morgan fingerprint density at radius 1 is 1.57 bits per heavy atom. The minimum Gasteiger partial charge on any atom is -0.388 e. The van der Waals surface area contributed by atoms with E-state index in [1.54, 1.807) is 0 Å². The van der Waals surface area contributed by atoms with Crippen molar-refractivity contribution < 1.29 is 14.4 Å². The Hall–Kier alpha value is -1.49. The molecule has 1 aromatic rings. The van der Waals surface area contributed by atoms with Crippen molar-refractivity contribution in [2.24, 2.45) is 0 Å². The molecule has 1 aliphatic rings. The highest BCUT2D eigenvalue weighted by atomic mass is 19.1. The summed E-state index contributed by atoms with van der Waals surface area (Å²) in [5.74, 6) is -0.802. The van der Waals surface area contributed by atoms with Gasteiger partial charge in [0.25, 0.3) is 0 Å². The molecule has 0 unspecified atom stereocenters. The zero-order valence-corrected chi connectivity index (χ0v) is 7.24. The van der Waals surface area contributed by atoms with Gasteiger partial charge in [-0.3, -0.25) is 10.1 Å². The SMILES string of the molecule is O=[N+]([O-])c1ccc2c(c1F)CC[C@@H]2O. The minimum absolute atomic E-state index is 0.284. The van der Waals surface area contributed by atoms with Crippen LogP contribution in [0.5, 0.6) is 0 Å². The highest BCUT2D eigenvalue weighted by Crippen LogP contribution is 2.35. The quantitative estimate of drug-likeness (QED) is 0.550. The molecule has 0 saturated carbocycles. The predicted octanol–water partition coefficient (Wildman–Crippen LogP) is 1.71. The summed E-state index contributed by atoms with van der Waals surface area (Å²) < 4.78 is 13.4. The Morgan fingerprint density at radius 3 is 2.93 bits per heavy atom. The summed E-state index contributed by atoms with van der Waals surface area (Å²) in [6, 6.07) is 2.52. The fourth-order valence-electron chi connectivity index (χ4n) is 1.77. The van der Waals surface area contributed by atoms with Crippen molar-refractivity contribution in [3.05, 3.63) is 39.2 Å². The maximum Gasteiger partial charge on any atom is 0.305 e. The van der Waals surface area contributed by atoms with Crippen LogP contribution < -0.4 is 0 Å². The summed E-state index contributed by atoms with van der Waals surface area (Å²) in [6.07, 6.45) is 0.123. The van der Waals surface area contributed by atoms with E-state index >= 15 is 0 Å². The first kappa shape index (κ1) is 9.08. The molecule has 1 N–H and O–H groups in total. The first-order chi connectivity index (χ1) is 6.61. The van der Waals surface area contributed by atoms with Crippen molar-refractivity contribution in [3.63, 3.8) is 0 Å². The predicted molar refractivity (Wildman–Crippen MR) is 46.3 cm³/mol. The number of fused-ring (bicyclic) bond motifs is 1. The molecule has 0 saturated heterocycles. The lowest BCUT2D eigenvalue weighted by molar-refractivity contribution is -0.387. The molecular weight excluding hydrogens is 189 g/mol. The number of hydrogen-bond donors (Lipinski definition) is 1. The van der Waals surface area contributed by atoms with Crippen molar-refractivity contribution in [1.29, 1.82) is 0 Å². The molecule has 1 atom stereocenters. The fourth-order valence-corrected chi connectivity index (χ4v) is 1.77. The molecular formula is C9H8FNO3. The Bertz CT molecular complexity index is 405. The summed E-state index contributed by atoms with van der Waals surface area (Å²) >= 11 is 0. The number of aliphatic hydroxyl groups excluding tert-OH is 1. The molecule has 0 aromatic heterocycles. The number of halogens is 1. The topological polar surface area (TPSA) is 63.4 Å². The van der Waals surface area contributed by atoms with Gasteiger partial charge in [-0.05, 0) is 24.5 Å². The normalized spacial score (nSPS) is 19.4. The molecule has 0 amide bonds. The van der Waals surface area contributed by atoms with Crippen LogP contribution in [0.25, 0.3) is 0 Å². The molecule has 74 valence electrons. The standard InChI is InChI=1S/C9H8FNO3/c10-9-6-2-4-8(12)5(6)1-3-7(9)11(13)14/h1,3,8,12H,2,4H2/t8-/m0/s1. The van der Waals surface area contributed by atoms with E-state index in [2.05, 4.69) is 0 Å². The van der Waals surface area contributed by atoms with E-state index in [1.807, 2.05) is 0 Å². The zero-order valence-electron chi connectivity index (χ0n) is 7.24. The largest absolute Gasteiger partial charge is 0.388 e. The van der Waals surface area contributed by atoms with Crippen LogP contribution >= 0.6 is 0 Å². The maximum atomic E-state index is 13.4. The van der Waals surface area contributed by atoms with E-state index in [0.29, 0.717) is 18.4 Å². The Kier molecular flexibility index (Phi) is 1.96. The number of rotatable bonds is 1. The lowest BCUT2D eigenvalue weighted by atomic mass is 10.1. The molecule has 0 fully saturated rings. The Morgan fingerprint density at radius 2 is 2.29 bits per heavy atom.